The fourth-order valence-electron chi connectivity index (χ4n) is 3.02. The smallest absolute Gasteiger partial charge is 0.342 e. The van der Waals surface area contributed by atoms with Gasteiger partial charge >= 0.3 is 11.7 Å². The van der Waals surface area contributed by atoms with Crippen LogP contribution in [0, 0.1) is 17.0 Å². The van der Waals surface area contributed by atoms with Gasteiger partial charge in [0.05, 0.1) is 12.0 Å². The summed E-state index contributed by atoms with van der Waals surface area (Å²) in [6.07, 6.45) is 0. The molecule has 0 N–H and O–H groups in total. The Labute approximate surface area is 162 Å². The third kappa shape index (κ3) is 3.86. The molecule has 142 valence electrons. The minimum atomic E-state index is -0.679. The predicted molar refractivity (Wildman–Crippen MR) is 105 cm³/mol. The van der Waals surface area contributed by atoms with E-state index in [1.807, 2.05) is 60.7 Å². The van der Waals surface area contributed by atoms with Crippen molar-refractivity contribution >= 4 is 11.7 Å². The molecule has 0 saturated carbocycles. The molecule has 6 heteroatoms. The lowest BCUT2D eigenvalue weighted by Gasteiger charge is -2.16. The Balaban J connectivity index is 2.17. The standard InChI is InChI=1S/C22H19NO5/c1-15-18(17-11-7-4-8-12-17)13-19(23(25)26)21(20(15)22(24)27-2)28-14-16-9-5-3-6-10-16/h3-13H,14H2,1-2H3. The summed E-state index contributed by atoms with van der Waals surface area (Å²) in [5, 5.41) is 11.8. The topological polar surface area (TPSA) is 78.7 Å². The molecule has 0 radical (unpaired) electrons. The van der Waals surface area contributed by atoms with E-state index in [1.54, 1.807) is 6.92 Å². The van der Waals surface area contributed by atoms with Crippen molar-refractivity contribution in [1.29, 1.82) is 0 Å². The zero-order chi connectivity index (χ0) is 20.1. The maximum absolute atomic E-state index is 12.5. The van der Waals surface area contributed by atoms with Gasteiger partial charge < -0.3 is 9.47 Å². The number of nitro benzene ring substituents is 1. The van der Waals surface area contributed by atoms with Crippen LogP contribution < -0.4 is 4.74 Å². The number of rotatable bonds is 6. The van der Waals surface area contributed by atoms with Crippen LogP contribution in [0.5, 0.6) is 5.75 Å². The highest BCUT2D eigenvalue weighted by Gasteiger charge is 2.29. The van der Waals surface area contributed by atoms with Crippen molar-refractivity contribution in [3.63, 3.8) is 0 Å². The number of carbonyl (C=O) groups excluding carboxylic acids is 1. The Morgan fingerprint density at radius 2 is 1.64 bits per heavy atom. The summed E-state index contributed by atoms with van der Waals surface area (Å²) in [5.74, 6) is -0.765. The molecule has 0 aliphatic heterocycles. The van der Waals surface area contributed by atoms with Gasteiger partial charge in [-0.05, 0) is 29.2 Å². The number of methoxy groups -OCH3 is 1. The molecule has 0 saturated heterocycles. The van der Waals surface area contributed by atoms with Crippen molar-refractivity contribution < 1.29 is 19.2 Å². The lowest BCUT2D eigenvalue weighted by molar-refractivity contribution is -0.385. The zero-order valence-electron chi connectivity index (χ0n) is 15.5. The molecule has 0 fully saturated rings. The summed E-state index contributed by atoms with van der Waals surface area (Å²) in [7, 11) is 1.24. The second kappa shape index (κ2) is 8.35. The first kappa shape index (κ1) is 19.1. The molecular weight excluding hydrogens is 358 g/mol. The minimum Gasteiger partial charge on any atom is -0.481 e. The fourth-order valence-corrected chi connectivity index (χ4v) is 3.02. The van der Waals surface area contributed by atoms with Crippen LogP contribution in [0.25, 0.3) is 11.1 Å². The van der Waals surface area contributed by atoms with E-state index in [2.05, 4.69) is 0 Å². The van der Waals surface area contributed by atoms with E-state index >= 15 is 0 Å². The van der Waals surface area contributed by atoms with Crippen LogP contribution in [0.4, 0.5) is 5.69 Å². The largest absolute Gasteiger partial charge is 0.481 e. The minimum absolute atomic E-state index is 0.0616. The second-order valence-corrected chi connectivity index (χ2v) is 6.16. The van der Waals surface area contributed by atoms with Gasteiger partial charge in [-0.1, -0.05) is 60.7 Å². The van der Waals surface area contributed by atoms with Gasteiger partial charge in [-0.2, -0.15) is 0 Å². The van der Waals surface area contributed by atoms with Crippen molar-refractivity contribution in [2.75, 3.05) is 7.11 Å². The van der Waals surface area contributed by atoms with Gasteiger partial charge in [-0.3, -0.25) is 10.1 Å². The number of ether oxygens (including phenoxy) is 2. The highest BCUT2D eigenvalue weighted by Crippen LogP contribution is 2.40. The second-order valence-electron chi connectivity index (χ2n) is 6.16. The quantitative estimate of drug-likeness (QED) is 0.345. The molecule has 0 atom stereocenters. The first-order valence-corrected chi connectivity index (χ1v) is 8.65. The molecule has 0 amide bonds. The van der Waals surface area contributed by atoms with Crippen molar-refractivity contribution in [1.82, 2.24) is 0 Å². The number of carbonyl (C=O) groups is 1. The monoisotopic (exact) mass is 377 g/mol. The Morgan fingerprint density at radius 3 is 2.21 bits per heavy atom. The van der Waals surface area contributed by atoms with Crippen LogP contribution in [0.15, 0.2) is 66.7 Å². The number of nitrogens with zero attached hydrogens (tertiary/aromatic N) is 1. The SMILES string of the molecule is COC(=O)c1c(C)c(-c2ccccc2)cc([N+](=O)[O-])c1OCc1ccccc1. The van der Waals surface area contributed by atoms with Gasteiger partial charge in [0.15, 0.2) is 0 Å². The molecule has 0 aromatic heterocycles. The van der Waals surface area contributed by atoms with Crippen LogP contribution in [0.3, 0.4) is 0 Å². The van der Waals surface area contributed by atoms with Crippen LogP contribution >= 0.6 is 0 Å². The molecule has 28 heavy (non-hydrogen) atoms. The van der Waals surface area contributed by atoms with Gasteiger partial charge in [0.25, 0.3) is 0 Å². The van der Waals surface area contributed by atoms with Crippen LogP contribution in [0.2, 0.25) is 0 Å². The van der Waals surface area contributed by atoms with Crippen molar-refractivity contribution in [3.8, 4) is 16.9 Å². The van der Waals surface area contributed by atoms with Crippen LogP contribution in [0.1, 0.15) is 21.5 Å². The lowest BCUT2D eigenvalue weighted by Crippen LogP contribution is -2.11. The lowest BCUT2D eigenvalue weighted by atomic mass is 9.94. The normalized spacial score (nSPS) is 10.4. The van der Waals surface area contributed by atoms with E-state index in [1.165, 1.54) is 13.2 Å². The summed E-state index contributed by atoms with van der Waals surface area (Å²) < 4.78 is 10.7. The highest BCUT2D eigenvalue weighted by molar-refractivity contribution is 5.98. The van der Waals surface area contributed by atoms with Gasteiger partial charge in [0.2, 0.25) is 5.75 Å². The molecule has 0 heterocycles. The third-order valence-corrected chi connectivity index (χ3v) is 4.42. The summed E-state index contributed by atoms with van der Waals surface area (Å²) >= 11 is 0. The Morgan fingerprint density at radius 1 is 1.04 bits per heavy atom. The molecular formula is C22H19NO5. The van der Waals surface area contributed by atoms with Gasteiger partial charge in [-0.25, -0.2) is 4.79 Å². The first-order chi connectivity index (χ1) is 13.5. The fraction of sp³-hybridized carbons (Fsp3) is 0.136. The summed E-state index contributed by atoms with van der Waals surface area (Å²) in [6.45, 7) is 1.82. The van der Waals surface area contributed by atoms with Crippen LogP contribution in [-0.4, -0.2) is 18.0 Å². The van der Waals surface area contributed by atoms with Gasteiger partial charge in [-0.15, -0.1) is 0 Å². The van der Waals surface area contributed by atoms with Crippen LogP contribution in [-0.2, 0) is 11.3 Å². The number of esters is 1. The maximum atomic E-state index is 12.5. The molecule has 3 aromatic rings. The molecule has 0 spiro atoms. The predicted octanol–water partition coefficient (Wildman–Crippen LogP) is 4.94. The summed E-state index contributed by atoms with van der Waals surface area (Å²) in [5.41, 5.74) is 2.53. The van der Waals surface area contributed by atoms with Gasteiger partial charge in [0, 0.05) is 6.07 Å². The number of hydrogen-bond donors (Lipinski definition) is 0. The number of nitro groups is 1. The van der Waals surface area contributed by atoms with Crippen molar-refractivity contribution in [2.45, 2.75) is 13.5 Å². The van der Waals surface area contributed by atoms with E-state index in [9.17, 15) is 14.9 Å². The maximum Gasteiger partial charge on any atom is 0.342 e. The van der Waals surface area contributed by atoms with E-state index < -0.39 is 10.9 Å². The van der Waals surface area contributed by atoms with Crippen molar-refractivity contribution in [3.05, 3.63) is 93.5 Å². The highest BCUT2D eigenvalue weighted by atomic mass is 16.6. The average Bonchev–Trinajstić information content (AvgIpc) is 2.72. The average molecular weight is 377 g/mol. The van der Waals surface area contributed by atoms with E-state index in [0.717, 1.165) is 11.1 Å². The van der Waals surface area contributed by atoms with Gasteiger partial charge in [0.1, 0.15) is 12.2 Å². The first-order valence-electron chi connectivity index (χ1n) is 8.65. The van der Waals surface area contributed by atoms with E-state index in [-0.39, 0.29) is 23.6 Å². The molecule has 3 rings (SSSR count). The summed E-state index contributed by atoms with van der Waals surface area (Å²) in [6, 6.07) is 19.9. The molecule has 0 bridgehead atoms. The Bertz CT molecular complexity index is 1000. The zero-order valence-corrected chi connectivity index (χ0v) is 15.5. The molecule has 0 aliphatic rings. The molecule has 3 aromatic carbocycles. The molecule has 6 nitrogen and oxygen atoms in total. The Hall–Kier alpha value is -3.67. The number of benzene rings is 3. The third-order valence-electron chi connectivity index (χ3n) is 4.42. The molecule has 0 aliphatic carbocycles. The van der Waals surface area contributed by atoms with E-state index in [0.29, 0.717) is 11.1 Å². The van der Waals surface area contributed by atoms with E-state index in [4.69, 9.17) is 9.47 Å². The summed E-state index contributed by atoms with van der Waals surface area (Å²) in [4.78, 5) is 23.7. The number of hydrogen-bond acceptors (Lipinski definition) is 5. The molecule has 0 unspecified atom stereocenters. The Kier molecular flexibility index (Phi) is 5.69. The van der Waals surface area contributed by atoms with Crippen molar-refractivity contribution in [2.24, 2.45) is 0 Å².